The van der Waals surface area contributed by atoms with Crippen LogP contribution in [-0.2, 0) is 31.3 Å². The van der Waals surface area contributed by atoms with Gasteiger partial charge in [0.1, 0.15) is 23.4 Å². The Morgan fingerprint density at radius 1 is 1.21 bits per heavy atom. The number of nitrogens with zero attached hydrogens (tertiary/aromatic N) is 4. The van der Waals surface area contributed by atoms with E-state index < -0.39 is 0 Å². The summed E-state index contributed by atoms with van der Waals surface area (Å²) in [6.45, 7) is 4.37. The smallest absolute Gasteiger partial charge is 0.235 e. The molecule has 0 saturated carbocycles. The summed E-state index contributed by atoms with van der Waals surface area (Å²) in [6, 6.07) is 8.38. The zero-order chi connectivity index (χ0) is 23.4. The number of anilines is 1. The molecule has 0 aliphatic heterocycles. The molecule has 2 aromatic heterocycles. The van der Waals surface area contributed by atoms with E-state index in [1.165, 1.54) is 23.1 Å². The highest BCUT2D eigenvalue weighted by Crippen LogP contribution is 2.37. The van der Waals surface area contributed by atoms with E-state index in [0.717, 1.165) is 48.1 Å². The van der Waals surface area contributed by atoms with Crippen molar-refractivity contribution in [1.29, 1.82) is 5.26 Å². The number of nitriles is 1. The lowest BCUT2D eigenvalue weighted by Crippen LogP contribution is -2.14. The van der Waals surface area contributed by atoms with Crippen molar-refractivity contribution in [3.63, 3.8) is 0 Å². The fraction of sp³-hybridized carbons (Fsp3) is 0.417. The molecule has 1 amide bonds. The van der Waals surface area contributed by atoms with Crippen molar-refractivity contribution in [3.8, 4) is 11.8 Å². The van der Waals surface area contributed by atoms with Gasteiger partial charge in [0.05, 0.1) is 11.3 Å². The lowest BCUT2D eigenvalue weighted by molar-refractivity contribution is -0.113. The summed E-state index contributed by atoms with van der Waals surface area (Å²) < 4.78 is 7.73. The SMILES string of the molecule is Cc1cc(C)cc(OCc2nnc(SCC(=O)Nc3sc4c(c3C#N)CCCCC4)n2C)c1. The third kappa shape index (κ3) is 5.57. The van der Waals surface area contributed by atoms with Gasteiger partial charge in [0.15, 0.2) is 11.0 Å². The second-order valence-corrected chi connectivity index (χ2v) is 10.3. The summed E-state index contributed by atoms with van der Waals surface area (Å²) in [6.07, 6.45) is 5.35. The number of ether oxygens (including phenoxy) is 1. The first kappa shape index (κ1) is 23.3. The molecular formula is C24H27N5O2S2. The molecule has 0 saturated heterocycles. The van der Waals surface area contributed by atoms with E-state index >= 15 is 0 Å². The Hall–Kier alpha value is -2.83. The Morgan fingerprint density at radius 2 is 1.97 bits per heavy atom. The van der Waals surface area contributed by atoms with Crippen LogP contribution in [-0.4, -0.2) is 26.4 Å². The van der Waals surface area contributed by atoms with Gasteiger partial charge in [-0.05, 0) is 68.4 Å². The van der Waals surface area contributed by atoms with Crippen molar-refractivity contribution in [3.05, 3.63) is 51.2 Å². The van der Waals surface area contributed by atoms with Gasteiger partial charge in [0.25, 0.3) is 0 Å². The Morgan fingerprint density at radius 3 is 2.73 bits per heavy atom. The first-order valence-electron chi connectivity index (χ1n) is 11.0. The predicted octanol–water partition coefficient (Wildman–Crippen LogP) is 4.94. The predicted molar refractivity (Wildman–Crippen MR) is 131 cm³/mol. The number of benzene rings is 1. The first-order valence-corrected chi connectivity index (χ1v) is 12.8. The van der Waals surface area contributed by atoms with E-state index in [1.807, 2.05) is 37.6 Å². The third-order valence-electron chi connectivity index (χ3n) is 5.61. The van der Waals surface area contributed by atoms with Crippen LogP contribution in [0.3, 0.4) is 0 Å². The third-order valence-corrected chi connectivity index (χ3v) is 7.83. The number of nitrogens with one attached hydrogen (secondary N) is 1. The summed E-state index contributed by atoms with van der Waals surface area (Å²) >= 11 is 2.87. The molecule has 0 fully saturated rings. The molecule has 0 radical (unpaired) electrons. The van der Waals surface area contributed by atoms with Crippen LogP contribution in [0.2, 0.25) is 0 Å². The molecule has 1 aromatic carbocycles. The van der Waals surface area contributed by atoms with Crippen LogP contribution in [0.15, 0.2) is 23.4 Å². The minimum absolute atomic E-state index is 0.149. The zero-order valence-electron chi connectivity index (χ0n) is 19.1. The van der Waals surface area contributed by atoms with Crippen molar-refractivity contribution in [2.75, 3.05) is 11.1 Å². The van der Waals surface area contributed by atoms with Gasteiger partial charge < -0.3 is 14.6 Å². The Balaban J connectivity index is 1.35. The minimum atomic E-state index is -0.149. The van der Waals surface area contributed by atoms with Crippen LogP contribution in [0, 0.1) is 25.2 Å². The van der Waals surface area contributed by atoms with Gasteiger partial charge in [0.2, 0.25) is 5.91 Å². The highest BCUT2D eigenvalue weighted by atomic mass is 32.2. The van der Waals surface area contributed by atoms with E-state index in [9.17, 15) is 10.1 Å². The fourth-order valence-corrected chi connectivity index (χ4v) is 5.99. The Bertz CT molecular complexity index is 1190. The molecule has 7 nitrogen and oxygen atoms in total. The molecule has 0 spiro atoms. The molecule has 4 rings (SSSR count). The zero-order valence-corrected chi connectivity index (χ0v) is 20.7. The normalized spacial score (nSPS) is 13.2. The molecule has 0 atom stereocenters. The molecule has 0 unspecified atom stereocenters. The van der Waals surface area contributed by atoms with Crippen molar-refractivity contribution in [2.24, 2.45) is 7.05 Å². The number of hydrogen-bond donors (Lipinski definition) is 1. The van der Waals surface area contributed by atoms with Crippen LogP contribution in [0.1, 0.15) is 52.2 Å². The number of amides is 1. The maximum Gasteiger partial charge on any atom is 0.235 e. The number of aromatic nitrogens is 3. The van der Waals surface area contributed by atoms with Crippen LogP contribution in [0.4, 0.5) is 5.00 Å². The number of fused-ring (bicyclic) bond motifs is 1. The molecule has 1 aliphatic rings. The summed E-state index contributed by atoms with van der Waals surface area (Å²) in [5.41, 5.74) is 4.06. The van der Waals surface area contributed by atoms with E-state index in [1.54, 1.807) is 11.3 Å². The molecule has 1 N–H and O–H groups in total. The molecule has 9 heteroatoms. The van der Waals surface area contributed by atoms with Crippen LogP contribution in [0.25, 0.3) is 0 Å². The monoisotopic (exact) mass is 481 g/mol. The Kier molecular flexibility index (Phi) is 7.36. The van der Waals surface area contributed by atoms with E-state index in [0.29, 0.717) is 28.2 Å². The van der Waals surface area contributed by atoms with Gasteiger partial charge in [-0.15, -0.1) is 21.5 Å². The summed E-state index contributed by atoms with van der Waals surface area (Å²) in [5.74, 6) is 1.53. The summed E-state index contributed by atoms with van der Waals surface area (Å²) in [5, 5.41) is 22.3. The summed E-state index contributed by atoms with van der Waals surface area (Å²) in [4.78, 5) is 13.9. The maximum atomic E-state index is 12.6. The number of rotatable bonds is 7. The molecule has 0 bridgehead atoms. The number of carbonyl (C=O) groups excluding carboxylic acids is 1. The van der Waals surface area contributed by atoms with Crippen molar-refractivity contribution in [2.45, 2.75) is 57.7 Å². The number of carbonyl (C=O) groups is 1. The second kappa shape index (κ2) is 10.4. The maximum absolute atomic E-state index is 12.6. The molecule has 1 aliphatic carbocycles. The minimum Gasteiger partial charge on any atom is -0.486 e. The van der Waals surface area contributed by atoms with E-state index in [2.05, 4.69) is 27.6 Å². The quantitative estimate of drug-likeness (QED) is 0.379. The topological polar surface area (TPSA) is 92.8 Å². The van der Waals surface area contributed by atoms with Crippen molar-refractivity contribution in [1.82, 2.24) is 14.8 Å². The van der Waals surface area contributed by atoms with Gasteiger partial charge in [-0.3, -0.25) is 4.79 Å². The molecular weight excluding hydrogens is 454 g/mol. The van der Waals surface area contributed by atoms with Gasteiger partial charge in [-0.2, -0.15) is 5.26 Å². The van der Waals surface area contributed by atoms with E-state index in [4.69, 9.17) is 4.74 Å². The average molecular weight is 482 g/mol. The molecule has 33 heavy (non-hydrogen) atoms. The number of hydrogen-bond acceptors (Lipinski definition) is 7. The van der Waals surface area contributed by atoms with Crippen molar-refractivity contribution >= 4 is 34.0 Å². The van der Waals surface area contributed by atoms with Crippen molar-refractivity contribution < 1.29 is 9.53 Å². The fourth-order valence-electron chi connectivity index (χ4n) is 4.00. The van der Waals surface area contributed by atoms with Gasteiger partial charge >= 0.3 is 0 Å². The highest BCUT2D eigenvalue weighted by Gasteiger charge is 2.21. The lowest BCUT2D eigenvalue weighted by Gasteiger charge is -2.08. The molecule has 3 aromatic rings. The Labute approximate surface area is 202 Å². The number of thioether (sulfide) groups is 1. The second-order valence-electron chi connectivity index (χ2n) is 8.29. The first-order chi connectivity index (χ1) is 15.9. The lowest BCUT2D eigenvalue weighted by atomic mass is 10.1. The van der Waals surface area contributed by atoms with Gasteiger partial charge in [-0.1, -0.05) is 24.2 Å². The molecule has 2 heterocycles. The summed E-state index contributed by atoms with van der Waals surface area (Å²) in [7, 11) is 1.87. The number of thiophene rings is 1. The van der Waals surface area contributed by atoms with Crippen LogP contribution < -0.4 is 10.1 Å². The van der Waals surface area contributed by atoms with Gasteiger partial charge in [-0.25, -0.2) is 0 Å². The van der Waals surface area contributed by atoms with Crippen LogP contribution in [0.5, 0.6) is 5.75 Å². The average Bonchev–Trinajstić information content (AvgIpc) is 3.19. The highest BCUT2D eigenvalue weighted by molar-refractivity contribution is 7.99. The number of aryl methyl sites for hydroxylation is 3. The largest absolute Gasteiger partial charge is 0.486 e. The standard InChI is InChI=1S/C24H27N5O2S2/c1-15-9-16(2)11-17(10-15)31-13-21-27-28-24(29(21)3)32-14-22(30)26-23-19(12-25)18-7-5-4-6-8-20(18)33-23/h9-11H,4-8,13-14H2,1-3H3,(H,26,30). The van der Waals surface area contributed by atoms with Crippen LogP contribution >= 0.6 is 23.1 Å². The molecule has 172 valence electrons. The van der Waals surface area contributed by atoms with E-state index in [-0.39, 0.29) is 11.7 Å². The van der Waals surface area contributed by atoms with Gasteiger partial charge in [0, 0.05) is 11.9 Å².